The maximum atomic E-state index is 14.4. The highest BCUT2D eigenvalue weighted by molar-refractivity contribution is 5.93. The van der Waals surface area contributed by atoms with Gasteiger partial charge in [0.2, 0.25) is 0 Å². The molecule has 3 heteroatoms. The topological polar surface area (TPSA) is 29.1 Å². The molecule has 0 radical (unpaired) electrons. The summed E-state index contributed by atoms with van der Waals surface area (Å²) in [4.78, 5) is 11.1. The average molecular weight is 235 g/mol. The fourth-order valence-corrected chi connectivity index (χ4v) is 2.31. The highest BCUT2D eigenvalue weighted by Gasteiger charge is 2.31. The molecule has 1 aromatic rings. The van der Waals surface area contributed by atoms with Crippen molar-refractivity contribution in [2.45, 2.75) is 31.9 Å². The monoisotopic (exact) mass is 235 g/mol. The zero-order valence-corrected chi connectivity index (χ0v) is 10.1. The molecule has 1 fully saturated rings. The van der Waals surface area contributed by atoms with Crippen LogP contribution in [-0.2, 0) is 6.42 Å². The minimum Gasteiger partial charge on any atom is -0.314 e. The molecule has 0 bridgehead atoms. The first-order chi connectivity index (χ1) is 8.09. The maximum Gasteiger partial charge on any atom is 0.159 e. The third-order valence-corrected chi connectivity index (χ3v) is 3.30. The van der Waals surface area contributed by atoms with E-state index in [1.807, 2.05) is 12.1 Å². The fraction of sp³-hybridized carbons (Fsp3) is 0.500. The molecule has 0 saturated carbocycles. The van der Waals surface area contributed by atoms with Crippen molar-refractivity contribution < 1.29 is 9.18 Å². The van der Waals surface area contributed by atoms with E-state index in [0.29, 0.717) is 24.9 Å². The molecule has 1 heterocycles. The Kier molecular flexibility index (Phi) is 3.57. The number of Topliss-reactive ketones (excluding diaryl/α,β-unsaturated/α-hetero) is 1. The van der Waals surface area contributed by atoms with Gasteiger partial charge in [0.05, 0.1) is 0 Å². The number of carbonyl (C=O) groups is 1. The maximum absolute atomic E-state index is 14.4. The first kappa shape index (κ1) is 12.2. The second-order valence-corrected chi connectivity index (χ2v) is 4.86. The number of nitrogens with one attached hydrogen (secondary N) is 1. The Bertz CT molecular complexity index is 393. The third kappa shape index (κ3) is 3.13. The number of hydrogen-bond donors (Lipinski definition) is 1. The van der Waals surface area contributed by atoms with Crippen molar-refractivity contribution in [3.63, 3.8) is 0 Å². The predicted molar refractivity (Wildman–Crippen MR) is 66.1 cm³/mol. The summed E-state index contributed by atoms with van der Waals surface area (Å²) < 4.78 is 14.4. The van der Waals surface area contributed by atoms with Crippen molar-refractivity contribution in [2.24, 2.45) is 0 Å². The summed E-state index contributed by atoms with van der Waals surface area (Å²) in [5, 5.41) is 3.10. The van der Waals surface area contributed by atoms with Crippen molar-refractivity contribution in [3.8, 4) is 0 Å². The van der Waals surface area contributed by atoms with Gasteiger partial charge < -0.3 is 5.32 Å². The van der Waals surface area contributed by atoms with Crippen molar-refractivity contribution >= 4 is 5.78 Å². The Morgan fingerprint density at radius 1 is 1.41 bits per heavy atom. The van der Waals surface area contributed by atoms with Gasteiger partial charge in [-0.15, -0.1) is 0 Å². The first-order valence-electron chi connectivity index (χ1n) is 6.09. The van der Waals surface area contributed by atoms with Crippen LogP contribution in [0.1, 0.15) is 35.7 Å². The van der Waals surface area contributed by atoms with Gasteiger partial charge >= 0.3 is 0 Å². The summed E-state index contributed by atoms with van der Waals surface area (Å²) in [6, 6.07) is 7.26. The molecule has 1 N–H and O–H groups in total. The molecule has 0 aromatic heterocycles. The van der Waals surface area contributed by atoms with E-state index in [1.54, 1.807) is 12.1 Å². The van der Waals surface area contributed by atoms with Gasteiger partial charge in [-0.1, -0.05) is 24.3 Å². The van der Waals surface area contributed by atoms with Crippen molar-refractivity contribution in [3.05, 3.63) is 35.4 Å². The van der Waals surface area contributed by atoms with Crippen molar-refractivity contribution in [2.75, 3.05) is 13.1 Å². The van der Waals surface area contributed by atoms with Crippen LogP contribution in [0, 0.1) is 0 Å². The summed E-state index contributed by atoms with van der Waals surface area (Å²) in [6.45, 7) is 2.88. The van der Waals surface area contributed by atoms with Gasteiger partial charge in [-0.3, -0.25) is 4.79 Å². The number of ketones is 1. The number of halogens is 1. The van der Waals surface area contributed by atoms with Gasteiger partial charge in [0.25, 0.3) is 0 Å². The van der Waals surface area contributed by atoms with Crippen LogP contribution >= 0.6 is 0 Å². The lowest BCUT2D eigenvalue weighted by Crippen LogP contribution is -2.43. The number of hydrogen-bond acceptors (Lipinski definition) is 2. The summed E-state index contributed by atoms with van der Waals surface area (Å²) in [5.41, 5.74) is 0.514. The molecule has 2 nitrogen and oxygen atoms in total. The van der Waals surface area contributed by atoms with Crippen LogP contribution in [0.25, 0.3) is 0 Å². The molecule has 1 atom stereocenters. The lowest BCUT2D eigenvalue weighted by Gasteiger charge is -2.30. The van der Waals surface area contributed by atoms with Crippen LogP contribution in [0.2, 0.25) is 0 Å². The van der Waals surface area contributed by atoms with Gasteiger partial charge in [-0.05, 0) is 31.9 Å². The van der Waals surface area contributed by atoms with E-state index in [-0.39, 0.29) is 5.78 Å². The number of rotatable bonds is 3. The van der Waals surface area contributed by atoms with Gasteiger partial charge in [0.1, 0.15) is 5.67 Å². The Labute approximate surface area is 101 Å². The van der Waals surface area contributed by atoms with Gasteiger partial charge in [0.15, 0.2) is 5.78 Å². The molecule has 1 aliphatic rings. The minimum atomic E-state index is -1.13. The van der Waals surface area contributed by atoms with Crippen molar-refractivity contribution in [1.29, 1.82) is 0 Å². The molecular weight excluding hydrogens is 217 g/mol. The molecule has 2 rings (SSSR count). The minimum absolute atomic E-state index is 0.0471. The highest BCUT2D eigenvalue weighted by Crippen LogP contribution is 2.25. The molecule has 92 valence electrons. The zero-order valence-electron chi connectivity index (χ0n) is 10.1. The molecule has 0 aliphatic carbocycles. The van der Waals surface area contributed by atoms with E-state index in [4.69, 9.17) is 0 Å². The summed E-state index contributed by atoms with van der Waals surface area (Å²) in [6.07, 6.45) is 1.94. The van der Waals surface area contributed by atoms with Crippen molar-refractivity contribution in [1.82, 2.24) is 5.32 Å². The second-order valence-electron chi connectivity index (χ2n) is 4.86. The molecule has 1 aromatic carbocycles. The van der Waals surface area contributed by atoms with E-state index < -0.39 is 5.67 Å². The molecule has 1 saturated heterocycles. The van der Waals surface area contributed by atoms with Crippen LogP contribution in [-0.4, -0.2) is 24.5 Å². The number of benzene rings is 1. The quantitative estimate of drug-likeness (QED) is 0.816. The summed E-state index contributed by atoms with van der Waals surface area (Å²) in [5.74, 6) is 0.0471. The van der Waals surface area contributed by atoms with E-state index in [1.165, 1.54) is 6.92 Å². The van der Waals surface area contributed by atoms with E-state index in [2.05, 4.69) is 5.32 Å². The molecule has 0 amide bonds. The van der Waals surface area contributed by atoms with E-state index in [0.717, 1.165) is 18.5 Å². The summed E-state index contributed by atoms with van der Waals surface area (Å²) >= 11 is 0. The predicted octanol–water partition coefficient (Wildman–Crippen LogP) is 2.52. The van der Waals surface area contributed by atoms with Crippen LogP contribution in [0.5, 0.6) is 0 Å². The lowest BCUT2D eigenvalue weighted by molar-refractivity contribution is 0.101. The zero-order chi connectivity index (χ0) is 12.3. The van der Waals surface area contributed by atoms with E-state index in [9.17, 15) is 9.18 Å². The Hall–Kier alpha value is -1.22. The summed E-state index contributed by atoms with van der Waals surface area (Å²) in [7, 11) is 0. The number of piperidine rings is 1. The van der Waals surface area contributed by atoms with Gasteiger partial charge in [0, 0.05) is 18.5 Å². The lowest BCUT2D eigenvalue weighted by atomic mass is 9.89. The van der Waals surface area contributed by atoms with Crippen LogP contribution in [0.15, 0.2) is 24.3 Å². The second kappa shape index (κ2) is 4.96. The largest absolute Gasteiger partial charge is 0.314 e. The smallest absolute Gasteiger partial charge is 0.159 e. The van der Waals surface area contributed by atoms with Gasteiger partial charge in [-0.25, -0.2) is 4.39 Å². The normalized spacial score (nSPS) is 24.6. The Balaban J connectivity index is 2.05. The number of alkyl halides is 1. The SMILES string of the molecule is CC(=O)c1ccc(CC2(F)CCCNC2)cc1. The van der Waals surface area contributed by atoms with Gasteiger partial charge in [-0.2, -0.15) is 0 Å². The third-order valence-electron chi connectivity index (χ3n) is 3.30. The van der Waals surface area contributed by atoms with Crippen LogP contribution in [0.3, 0.4) is 0 Å². The van der Waals surface area contributed by atoms with Crippen LogP contribution in [0.4, 0.5) is 4.39 Å². The number of carbonyl (C=O) groups excluding carboxylic acids is 1. The molecular formula is C14H18FNO. The highest BCUT2D eigenvalue weighted by atomic mass is 19.1. The Morgan fingerprint density at radius 3 is 2.65 bits per heavy atom. The standard InChI is InChI=1S/C14H18FNO/c1-11(17)13-5-3-12(4-6-13)9-14(15)7-2-8-16-10-14/h3-6,16H,2,7-10H2,1H3. The Morgan fingerprint density at radius 2 is 2.12 bits per heavy atom. The van der Waals surface area contributed by atoms with E-state index >= 15 is 0 Å². The molecule has 1 aliphatic heterocycles. The first-order valence-corrected chi connectivity index (χ1v) is 6.09. The molecule has 0 spiro atoms. The van der Waals surface area contributed by atoms with Crippen LogP contribution < -0.4 is 5.32 Å². The molecule has 17 heavy (non-hydrogen) atoms. The average Bonchev–Trinajstić information content (AvgIpc) is 2.30. The fourth-order valence-electron chi connectivity index (χ4n) is 2.31. The molecule has 1 unspecified atom stereocenters.